The first-order valence-electron chi connectivity index (χ1n) is 5.92. The van der Waals surface area contributed by atoms with Crippen molar-refractivity contribution < 1.29 is 1.37 Å². The first kappa shape index (κ1) is 9.34. The Hall–Kier alpha value is -1.89. The molecule has 2 aromatic rings. The molecule has 16 heavy (non-hydrogen) atoms. The van der Waals surface area contributed by atoms with Gasteiger partial charge in [0.15, 0.2) is 0 Å². The zero-order chi connectivity index (χ0) is 12.1. The minimum atomic E-state index is 0.0175. The largest absolute Gasteiger partial charge is 0.285 e. The van der Waals surface area contributed by atoms with Crippen LogP contribution < -0.4 is 0 Å². The Kier molecular flexibility index (Phi) is 3.07. The molecule has 1 nitrogen and oxygen atoms in total. The van der Waals surface area contributed by atoms with Crippen LogP contribution in [0.25, 0.3) is 0 Å². The smallest absolute Gasteiger partial charge is 0.0842 e. The third-order valence-corrected chi connectivity index (χ3v) is 2.44. The Bertz CT molecular complexity index is 491. The maximum atomic E-state index is 7.94. The van der Waals surface area contributed by atoms with Gasteiger partial charge in [-0.25, -0.2) is 0 Å². The standard InChI is InChI=1S/C15H15N/c1-13(15-10-6-3-7-11-15)16-12-14-8-4-2-5-9-14/h2-13H,1H3/t13-/m1/s1/i12D. The summed E-state index contributed by atoms with van der Waals surface area (Å²) in [5, 5.41) is 0. The lowest BCUT2D eigenvalue weighted by Crippen LogP contribution is -1.90. The number of hydrogen-bond donors (Lipinski definition) is 0. The molecule has 1 atom stereocenters. The highest BCUT2D eigenvalue weighted by Crippen LogP contribution is 2.15. The molecule has 0 radical (unpaired) electrons. The van der Waals surface area contributed by atoms with E-state index < -0.39 is 0 Å². The van der Waals surface area contributed by atoms with Gasteiger partial charge in [-0.3, -0.25) is 4.99 Å². The van der Waals surface area contributed by atoms with Crippen LogP contribution in [-0.4, -0.2) is 6.19 Å². The Labute approximate surface area is 97.9 Å². The first-order chi connectivity index (χ1) is 8.27. The summed E-state index contributed by atoms with van der Waals surface area (Å²) >= 11 is 0. The maximum absolute atomic E-state index is 7.94. The van der Waals surface area contributed by atoms with E-state index in [9.17, 15) is 0 Å². The molecule has 2 aromatic carbocycles. The topological polar surface area (TPSA) is 12.4 Å². The van der Waals surface area contributed by atoms with Crippen molar-refractivity contribution in [1.29, 1.82) is 0 Å². The van der Waals surface area contributed by atoms with Crippen LogP contribution in [-0.2, 0) is 0 Å². The van der Waals surface area contributed by atoms with Gasteiger partial charge in [-0.2, -0.15) is 0 Å². The second-order valence-corrected chi connectivity index (χ2v) is 3.69. The van der Waals surface area contributed by atoms with Crippen molar-refractivity contribution in [2.24, 2.45) is 4.99 Å². The third-order valence-electron chi connectivity index (χ3n) is 2.44. The lowest BCUT2D eigenvalue weighted by atomic mass is 10.1. The molecule has 0 aliphatic heterocycles. The molecule has 0 amide bonds. The predicted octanol–water partition coefficient (Wildman–Crippen LogP) is 3.87. The predicted molar refractivity (Wildman–Crippen MR) is 68.9 cm³/mol. The fourth-order valence-electron chi connectivity index (χ4n) is 1.49. The molecule has 0 bridgehead atoms. The number of nitrogens with zero attached hydrogens (tertiary/aromatic N) is 1. The van der Waals surface area contributed by atoms with Gasteiger partial charge < -0.3 is 0 Å². The molecule has 80 valence electrons. The van der Waals surface area contributed by atoms with Crippen molar-refractivity contribution in [2.45, 2.75) is 13.0 Å². The number of rotatable bonds is 3. The van der Waals surface area contributed by atoms with Gasteiger partial charge in [-0.05, 0) is 18.1 Å². The van der Waals surface area contributed by atoms with Gasteiger partial charge in [0.2, 0.25) is 0 Å². The highest BCUT2D eigenvalue weighted by atomic mass is 14.8. The van der Waals surface area contributed by atoms with Gasteiger partial charge >= 0.3 is 0 Å². The summed E-state index contributed by atoms with van der Waals surface area (Å²) in [4.78, 5) is 4.40. The van der Waals surface area contributed by atoms with E-state index in [0.29, 0.717) is 6.19 Å². The maximum Gasteiger partial charge on any atom is 0.0842 e. The van der Waals surface area contributed by atoms with Crippen molar-refractivity contribution >= 4 is 6.19 Å². The molecule has 0 aliphatic carbocycles. The number of benzene rings is 2. The van der Waals surface area contributed by atoms with Crippen LogP contribution in [0.15, 0.2) is 65.7 Å². The van der Waals surface area contributed by atoms with Crippen LogP contribution in [0.3, 0.4) is 0 Å². The minimum absolute atomic E-state index is 0.0175. The van der Waals surface area contributed by atoms with E-state index in [2.05, 4.69) is 4.99 Å². The van der Waals surface area contributed by atoms with Crippen molar-refractivity contribution in [3.05, 3.63) is 71.8 Å². The van der Waals surface area contributed by atoms with Crippen LogP contribution in [0.2, 0.25) is 0 Å². The summed E-state index contributed by atoms with van der Waals surface area (Å²) in [5.41, 5.74) is 1.99. The summed E-state index contributed by atoms with van der Waals surface area (Å²) in [6, 6.07) is 19.7. The summed E-state index contributed by atoms with van der Waals surface area (Å²) in [6.45, 7) is 2.01. The second-order valence-electron chi connectivity index (χ2n) is 3.69. The Morgan fingerprint density at radius 2 is 1.56 bits per heavy atom. The zero-order valence-electron chi connectivity index (χ0n) is 10.3. The second kappa shape index (κ2) is 5.26. The summed E-state index contributed by atoms with van der Waals surface area (Å²) in [7, 11) is 0. The van der Waals surface area contributed by atoms with Gasteiger partial charge in [0.05, 0.1) is 7.41 Å². The van der Waals surface area contributed by atoms with Crippen molar-refractivity contribution in [1.82, 2.24) is 0 Å². The van der Waals surface area contributed by atoms with Crippen molar-refractivity contribution in [2.75, 3.05) is 0 Å². The molecule has 0 spiro atoms. The minimum Gasteiger partial charge on any atom is -0.285 e. The molecule has 1 heteroatoms. The molecule has 0 unspecified atom stereocenters. The fourth-order valence-corrected chi connectivity index (χ4v) is 1.49. The molecule has 0 aliphatic rings. The average Bonchev–Trinajstić information content (AvgIpc) is 2.40. The van der Waals surface area contributed by atoms with Crippen LogP contribution in [0.5, 0.6) is 0 Å². The van der Waals surface area contributed by atoms with E-state index in [0.717, 1.165) is 11.1 Å². The van der Waals surface area contributed by atoms with Gasteiger partial charge in [0, 0.05) is 6.19 Å². The Balaban J connectivity index is 2.20. The monoisotopic (exact) mass is 210 g/mol. The molecular formula is C15H15N. The number of aliphatic imine (C=N–C) groups is 1. The molecule has 2 rings (SSSR count). The Morgan fingerprint density at radius 3 is 2.19 bits per heavy atom. The zero-order valence-corrected chi connectivity index (χ0v) is 9.30. The van der Waals surface area contributed by atoms with E-state index in [1.54, 1.807) is 0 Å². The fraction of sp³-hybridized carbons (Fsp3) is 0.133. The van der Waals surface area contributed by atoms with Crippen LogP contribution in [0.1, 0.15) is 25.5 Å². The van der Waals surface area contributed by atoms with Gasteiger partial charge in [0.25, 0.3) is 0 Å². The lowest BCUT2D eigenvalue weighted by molar-refractivity contribution is 0.825. The summed E-state index contributed by atoms with van der Waals surface area (Å²) in [6.07, 6.45) is 0.335. The SMILES string of the molecule is [2H]C(=N[C@H](C)c1ccccc1)c1ccccc1. The first-order valence-corrected chi connectivity index (χ1v) is 5.42. The molecule has 0 heterocycles. The van der Waals surface area contributed by atoms with E-state index >= 15 is 0 Å². The normalized spacial score (nSPS) is 14.3. The summed E-state index contributed by atoms with van der Waals surface area (Å²) < 4.78 is 7.94. The van der Waals surface area contributed by atoms with E-state index in [1.807, 2.05) is 67.6 Å². The van der Waals surface area contributed by atoms with E-state index in [1.165, 1.54) is 0 Å². The average molecular weight is 210 g/mol. The highest BCUT2D eigenvalue weighted by molar-refractivity contribution is 5.79. The summed E-state index contributed by atoms with van der Waals surface area (Å²) in [5.74, 6) is 0. The van der Waals surface area contributed by atoms with Gasteiger partial charge in [-0.1, -0.05) is 60.7 Å². The van der Waals surface area contributed by atoms with Crippen LogP contribution in [0.4, 0.5) is 0 Å². The van der Waals surface area contributed by atoms with E-state index in [4.69, 9.17) is 1.37 Å². The third kappa shape index (κ3) is 2.80. The molecule has 0 saturated carbocycles. The molecule has 0 aromatic heterocycles. The lowest BCUT2D eigenvalue weighted by Gasteiger charge is -2.05. The Morgan fingerprint density at radius 1 is 1.00 bits per heavy atom. The van der Waals surface area contributed by atoms with E-state index in [-0.39, 0.29) is 6.04 Å². The molecule has 0 fully saturated rings. The number of hydrogen-bond acceptors (Lipinski definition) is 1. The van der Waals surface area contributed by atoms with Gasteiger partial charge in [0.1, 0.15) is 0 Å². The molecular weight excluding hydrogens is 194 g/mol. The van der Waals surface area contributed by atoms with Crippen molar-refractivity contribution in [3.63, 3.8) is 0 Å². The van der Waals surface area contributed by atoms with Crippen molar-refractivity contribution in [3.8, 4) is 0 Å². The molecule has 0 N–H and O–H groups in total. The van der Waals surface area contributed by atoms with Crippen LogP contribution >= 0.6 is 0 Å². The highest BCUT2D eigenvalue weighted by Gasteiger charge is 1.99. The quantitative estimate of drug-likeness (QED) is 0.682. The van der Waals surface area contributed by atoms with Crippen LogP contribution in [0, 0.1) is 0 Å². The van der Waals surface area contributed by atoms with Gasteiger partial charge in [-0.15, -0.1) is 0 Å². The molecule has 0 saturated heterocycles.